The van der Waals surface area contributed by atoms with Crippen LogP contribution in [0.4, 0.5) is 23.8 Å². The zero-order valence-corrected chi connectivity index (χ0v) is 24.1. The second-order valence-corrected chi connectivity index (χ2v) is 10.9. The van der Waals surface area contributed by atoms with Gasteiger partial charge in [0.05, 0.1) is 5.56 Å². The SMILES string of the molecule is C=CCCc1cc(N[C@@H]2CCCN(C(=O)OC(C)(C)C)C2)nnc1-c1c(CC=C)cc(C(F)(F)F)cc1OCOC. The van der Waals surface area contributed by atoms with Crippen molar-refractivity contribution in [1.29, 1.82) is 0 Å². The smallest absolute Gasteiger partial charge is 0.416 e. The van der Waals surface area contributed by atoms with E-state index in [1.54, 1.807) is 11.0 Å². The third-order valence-corrected chi connectivity index (χ3v) is 6.36. The molecule has 1 saturated heterocycles. The highest BCUT2D eigenvalue weighted by Crippen LogP contribution is 2.41. The molecule has 0 aliphatic carbocycles. The fourth-order valence-electron chi connectivity index (χ4n) is 4.61. The Kier molecular flexibility index (Phi) is 10.8. The summed E-state index contributed by atoms with van der Waals surface area (Å²) in [6.07, 6.45) is 1.27. The summed E-state index contributed by atoms with van der Waals surface area (Å²) in [4.78, 5) is 14.3. The van der Waals surface area contributed by atoms with E-state index < -0.39 is 17.3 Å². The Labute approximate surface area is 239 Å². The number of aryl methyl sites for hydroxylation is 1. The van der Waals surface area contributed by atoms with Crippen molar-refractivity contribution in [2.24, 2.45) is 0 Å². The third kappa shape index (κ3) is 8.94. The highest BCUT2D eigenvalue weighted by atomic mass is 19.4. The lowest BCUT2D eigenvalue weighted by molar-refractivity contribution is -0.137. The quantitative estimate of drug-likeness (QED) is 0.233. The molecule has 3 rings (SSSR count). The van der Waals surface area contributed by atoms with Crippen LogP contribution in [0.1, 0.15) is 56.7 Å². The van der Waals surface area contributed by atoms with Crippen molar-refractivity contribution in [1.82, 2.24) is 15.1 Å². The van der Waals surface area contributed by atoms with E-state index in [2.05, 4.69) is 28.7 Å². The van der Waals surface area contributed by atoms with Gasteiger partial charge in [0.2, 0.25) is 0 Å². The predicted molar refractivity (Wildman–Crippen MR) is 152 cm³/mol. The number of amides is 1. The van der Waals surface area contributed by atoms with Gasteiger partial charge in [-0.2, -0.15) is 13.2 Å². The van der Waals surface area contributed by atoms with Gasteiger partial charge in [-0.1, -0.05) is 12.2 Å². The van der Waals surface area contributed by atoms with Crippen LogP contribution >= 0.6 is 0 Å². The van der Waals surface area contributed by atoms with Crippen LogP contribution in [0, 0.1) is 0 Å². The Morgan fingerprint density at radius 1 is 1.15 bits per heavy atom. The molecule has 11 heteroatoms. The van der Waals surface area contributed by atoms with Crippen molar-refractivity contribution >= 4 is 11.9 Å². The van der Waals surface area contributed by atoms with Gasteiger partial charge in [0.1, 0.15) is 22.9 Å². The molecule has 0 radical (unpaired) electrons. The standard InChI is InChI=1S/C30H39F3N4O4/c1-7-9-12-21-16-25(34-23-13-10-14-37(18-23)28(38)41-29(3,4)5)35-36-27(21)26-20(11-8-2)15-22(30(31,32)33)17-24(26)40-19-39-6/h7-8,15-17,23H,1-2,9-14,18-19H2,3-6H3,(H,34,35)/t23-/m1/s1. The van der Waals surface area contributed by atoms with Crippen LogP contribution in [0.2, 0.25) is 0 Å². The molecular weight excluding hydrogens is 537 g/mol. The number of alkyl halides is 3. The Bertz CT molecular complexity index is 1230. The first kappa shape index (κ1) is 31.9. The minimum absolute atomic E-state index is 0.00586. The second-order valence-electron chi connectivity index (χ2n) is 10.9. The topological polar surface area (TPSA) is 85.8 Å². The number of ether oxygens (including phenoxy) is 3. The monoisotopic (exact) mass is 576 g/mol. The molecule has 1 aromatic heterocycles. The number of hydrogen-bond donors (Lipinski definition) is 1. The zero-order chi connectivity index (χ0) is 30.2. The molecule has 41 heavy (non-hydrogen) atoms. The number of nitrogens with zero attached hydrogens (tertiary/aromatic N) is 3. The number of nitrogens with one attached hydrogen (secondary N) is 1. The van der Waals surface area contributed by atoms with Crippen LogP contribution in [0.25, 0.3) is 11.3 Å². The van der Waals surface area contributed by atoms with Gasteiger partial charge in [0, 0.05) is 31.8 Å². The van der Waals surface area contributed by atoms with Gasteiger partial charge in [0.25, 0.3) is 0 Å². The van der Waals surface area contributed by atoms with Crippen LogP contribution < -0.4 is 10.1 Å². The maximum absolute atomic E-state index is 13.7. The number of halogens is 3. The van der Waals surface area contributed by atoms with Gasteiger partial charge in [0.15, 0.2) is 6.79 Å². The first-order valence-corrected chi connectivity index (χ1v) is 13.5. The van der Waals surface area contributed by atoms with E-state index in [0.717, 1.165) is 30.5 Å². The molecule has 2 aromatic rings. The van der Waals surface area contributed by atoms with Crippen molar-refractivity contribution in [3.05, 3.63) is 60.2 Å². The summed E-state index contributed by atoms with van der Waals surface area (Å²) in [6, 6.07) is 3.81. The number of hydrogen-bond acceptors (Lipinski definition) is 7. The van der Waals surface area contributed by atoms with Crippen molar-refractivity contribution < 1.29 is 32.2 Å². The number of carbonyl (C=O) groups is 1. The minimum atomic E-state index is -4.57. The number of methoxy groups -OCH3 is 1. The molecular formula is C30H39F3N4O4. The highest BCUT2D eigenvalue weighted by molar-refractivity contribution is 5.75. The summed E-state index contributed by atoms with van der Waals surface area (Å²) in [7, 11) is 1.39. The normalized spacial score (nSPS) is 15.8. The van der Waals surface area contributed by atoms with Gasteiger partial charge in [-0.3, -0.25) is 0 Å². The van der Waals surface area contributed by atoms with Crippen molar-refractivity contribution in [2.75, 3.05) is 32.3 Å². The molecule has 0 spiro atoms. The summed E-state index contributed by atoms with van der Waals surface area (Å²) in [6.45, 7) is 13.8. The number of benzene rings is 1. The molecule has 2 heterocycles. The fraction of sp³-hybridized carbons (Fsp3) is 0.500. The number of likely N-dealkylation sites (tertiary alicyclic amines) is 1. The van der Waals surface area contributed by atoms with Crippen LogP contribution in [0.3, 0.4) is 0 Å². The fourth-order valence-corrected chi connectivity index (χ4v) is 4.61. The summed E-state index contributed by atoms with van der Waals surface area (Å²) in [5.41, 5.74) is 0.503. The minimum Gasteiger partial charge on any atom is -0.467 e. The maximum atomic E-state index is 13.7. The predicted octanol–water partition coefficient (Wildman–Crippen LogP) is 6.80. The third-order valence-electron chi connectivity index (χ3n) is 6.36. The largest absolute Gasteiger partial charge is 0.467 e. The van der Waals surface area contributed by atoms with Crippen LogP contribution in [-0.4, -0.2) is 59.8 Å². The molecule has 0 unspecified atom stereocenters. The number of rotatable bonds is 11. The zero-order valence-electron chi connectivity index (χ0n) is 24.1. The molecule has 0 bridgehead atoms. The molecule has 224 valence electrons. The van der Waals surface area contributed by atoms with Gasteiger partial charge in [-0.05, 0) is 82.2 Å². The average Bonchev–Trinajstić information content (AvgIpc) is 2.90. The first-order chi connectivity index (χ1) is 19.4. The van der Waals surface area contributed by atoms with E-state index in [1.807, 2.05) is 26.8 Å². The van der Waals surface area contributed by atoms with Crippen LogP contribution in [0.15, 0.2) is 43.5 Å². The van der Waals surface area contributed by atoms with E-state index in [9.17, 15) is 18.0 Å². The van der Waals surface area contributed by atoms with E-state index in [4.69, 9.17) is 14.2 Å². The molecule has 1 aliphatic heterocycles. The van der Waals surface area contributed by atoms with Gasteiger partial charge in [-0.25, -0.2) is 4.79 Å². The molecule has 1 atom stereocenters. The van der Waals surface area contributed by atoms with Crippen molar-refractivity contribution in [3.63, 3.8) is 0 Å². The molecule has 8 nitrogen and oxygen atoms in total. The van der Waals surface area contributed by atoms with Gasteiger partial charge in [-0.15, -0.1) is 23.4 Å². The van der Waals surface area contributed by atoms with Gasteiger partial charge < -0.3 is 24.4 Å². The number of aromatic nitrogens is 2. The Balaban J connectivity index is 1.99. The van der Waals surface area contributed by atoms with Crippen molar-refractivity contribution in [3.8, 4) is 17.0 Å². The molecule has 0 saturated carbocycles. The molecule has 1 aliphatic rings. The van der Waals surface area contributed by atoms with Crippen molar-refractivity contribution in [2.45, 2.75) is 70.7 Å². The number of allylic oxidation sites excluding steroid dienone is 2. The highest BCUT2D eigenvalue weighted by Gasteiger charge is 2.33. The Morgan fingerprint density at radius 3 is 2.54 bits per heavy atom. The number of piperidine rings is 1. The van der Waals surface area contributed by atoms with E-state index in [-0.39, 0.29) is 31.1 Å². The van der Waals surface area contributed by atoms with Crippen LogP contribution in [-0.2, 0) is 28.5 Å². The number of carbonyl (C=O) groups excluding carboxylic acids is 1. The van der Waals surface area contributed by atoms with Gasteiger partial charge >= 0.3 is 12.3 Å². The summed E-state index contributed by atoms with van der Waals surface area (Å²) in [5.74, 6) is 0.495. The Morgan fingerprint density at radius 2 is 1.90 bits per heavy atom. The summed E-state index contributed by atoms with van der Waals surface area (Å²) >= 11 is 0. The molecule has 1 N–H and O–H groups in total. The lowest BCUT2D eigenvalue weighted by Gasteiger charge is -2.34. The molecule has 1 aromatic carbocycles. The van der Waals surface area contributed by atoms with E-state index in [1.165, 1.54) is 13.2 Å². The average molecular weight is 577 g/mol. The number of anilines is 1. The Hall–Kier alpha value is -3.60. The summed E-state index contributed by atoms with van der Waals surface area (Å²) < 4.78 is 57.3. The second kappa shape index (κ2) is 13.8. The maximum Gasteiger partial charge on any atom is 0.416 e. The van der Waals surface area contributed by atoms with E-state index >= 15 is 0 Å². The van der Waals surface area contributed by atoms with Crippen LogP contribution in [0.5, 0.6) is 5.75 Å². The summed E-state index contributed by atoms with van der Waals surface area (Å²) in [5, 5.41) is 12.2. The first-order valence-electron chi connectivity index (χ1n) is 13.5. The lowest BCUT2D eigenvalue weighted by atomic mass is 9.93. The lowest BCUT2D eigenvalue weighted by Crippen LogP contribution is -2.47. The molecule has 1 amide bonds. The molecule has 1 fully saturated rings. The van der Waals surface area contributed by atoms with E-state index in [0.29, 0.717) is 48.6 Å².